The maximum absolute atomic E-state index is 13.3. The number of carboxylic acid groups (broad SMARTS) is 2. The van der Waals surface area contributed by atoms with Crippen LogP contribution in [0, 0.1) is 6.92 Å². The number of carbonyl (C=O) groups excluding carboxylic acids is 3. The summed E-state index contributed by atoms with van der Waals surface area (Å²) in [5, 5.41) is 42.2. The Labute approximate surface area is 455 Å². The number of piperidine rings is 1. The number of halogens is 2. The number of pyridine rings is 2. The Bertz CT molecular complexity index is 3720. The van der Waals surface area contributed by atoms with Crippen molar-refractivity contribution < 1.29 is 38.7 Å². The van der Waals surface area contributed by atoms with E-state index in [0.717, 1.165) is 75.0 Å². The molecule has 0 radical (unpaired) electrons. The van der Waals surface area contributed by atoms with E-state index in [4.69, 9.17) is 27.7 Å². The zero-order chi connectivity index (χ0) is 53.6. The molecule has 0 saturated carbocycles. The lowest BCUT2D eigenvalue weighted by molar-refractivity contribution is 0.0685. The Morgan fingerprint density at radius 2 is 1.41 bits per heavy atom. The first-order valence-electron chi connectivity index (χ1n) is 22.8. The van der Waals surface area contributed by atoms with Gasteiger partial charge in [-0.15, -0.1) is 34.0 Å². The largest absolute Gasteiger partial charge is 0.478 e. The van der Waals surface area contributed by atoms with Gasteiger partial charge < -0.3 is 25.4 Å². The van der Waals surface area contributed by atoms with Gasteiger partial charge in [-0.2, -0.15) is 19.6 Å². The number of thiophene rings is 2. The fourth-order valence-corrected chi connectivity index (χ4v) is 11.3. The number of nitrogens with one attached hydrogen (secondary N) is 2. The average Bonchev–Trinajstić information content (AvgIpc) is 4.27. The number of carboxylic acids is 2. The molecule has 0 aliphatic carbocycles. The summed E-state index contributed by atoms with van der Waals surface area (Å²) in [4.78, 5) is 98.0. The molecule has 0 bridgehead atoms. The maximum Gasteiger partial charge on any atom is 0.338 e. The minimum absolute atomic E-state index is 0.0236. The van der Waals surface area contributed by atoms with E-state index in [1.54, 1.807) is 30.5 Å². The molecule has 10 rings (SSSR count). The third-order valence-electron chi connectivity index (χ3n) is 11.7. The van der Waals surface area contributed by atoms with Gasteiger partial charge in [-0.1, -0.05) is 34.8 Å². The first kappa shape index (κ1) is 53.1. The number of hydrogen-bond donors (Lipinski definition) is 4. The molecule has 1 saturated heterocycles. The molecule has 1 aliphatic rings. The van der Waals surface area contributed by atoms with Crippen LogP contribution in [0.25, 0.3) is 22.8 Å². The van der Waals surface area contributed by atoms with Crippen LogP contribution < -0.4 is 21.8 Å². The van der Waals surface area contributed by atoms with E-state index in [1.807, 2.05) is 12.1 Å². The molecule has 76 heavy (non-hydrogen) atoms. The highest BCUT2D eigenvalue weighted by Crippen LogP contribution is 2.31. The van der Waals surface area contributed by atoms with E-state index in [1.165, 1.54) is 85.4 Å². The number of aromatic nitrogens is 9. The second-order valence-corrected chi connectivity index (χ2v) is 21.9. The van der Waals surface area contributed by atoms with Crippen LogP contribution in [0.15, 0.2) is 104 Å². The van der Waals surface area contributed by atoms with E-state index in [0.29, 0.717) is 26.6 Å². The van der Waals surface area contributed by atoms with Gasteiger partial charge in [-0.25, -0.2) is 18.9 Å². The van der Waals surface area contributed by atoms with Gasteiger partial charge in [0.05, 0.1) is 75.4 Å². The van der Waals surface area contributed by atoms with Crippen LogP contribution in [-0.4, -0.2) is 101 Å². The number of aryl methyl sites for hydroxylation is 1. The van der Waals surface area contributed by atoms with Crippen molar-refractivity contribution in [2.24, 2.45) is 0 Å². The molecule has 1 aliphatic heterocycles. The van der Waals surface area contributed by atoms with Gasteiger partial charge in [-0.05, 0) is 80.3 Å². The van der Waals surface area contributed by atoms with E-state index in [9.17, 15) is 43.8 Å². The lowest BCUT2D eigenvalue weighted by Crippen LogP contribution is -2.37. The van der Waals surface area contributed by atoms with Crippen molar-refractivity contribution in [3.63, 3.8) is 0 Å². The summed E-state index contributed by atoms with van der Waals surface area (Å²) in [6.45, 7) is 3.63. The number of aromatic carboxylic acids is 2. The first-order valence-corrected chi connectivity index (χ1v) is 26.9. The molecule has 1 fully saturated rings. The lowest BCUT2D eigenvalue weighted by Gasteiger charge is -2.28. The van der Waals surface area contributed by atoms with Gasteiger partial charge in [-0.3, -0.25) is 38.0 Å². The van der Waals surface area contributed by atoms with Crippen LogP contribution in [0.3, 0.4) is 0 Å². The molecule has 9 aromatic heterocycles. The van der Waals surface area contributed by atoms with Crippen molar-refractivity contribution in [3.05, 3.63) is 162 Å². The summed E-state index contributed by atoms with van der Waals surface area (Å²) in [5.74, 6) is -3.72. The average molecular weight is 1140 g/mol. The number of nitrogens with zero attached hydrogens (tertiary/aromatic N) is 10. The second-order valence-electron chi connectivity index (χ2n) is 16.7. The third-order valence-corrected chi connectivity index (χ3v) is 15.5. The highest BCUT2D eigenvalue weighted by atomic mass is 35.5. The monoisotopic (exact) mass is 1140 g/mol. The summed E-state index contributed by atoms with van der Waals surface area (Å²) in [6, 6.07) is 15.1. The van der Waals surface area contributed by atoms with Gasteiger partial charge in [0.15, 0.2) is 10.8 Å². The third kappa shape index (κ3) is 11.9. The van der Waals surface area contributed by atoms with E-state index in [2.05, 4.69) is 40.2 Å². The van der Waals surface area contributed by atoms with Crippen molar-refractivity contribution in [1.82, 2.24) is 48.1 Å². The Balaban J connectivity index is 0.000000186. The molecule has 0 aromatic carbocycles. The van der Waals surface area contributed by atoms with Crippen LogP contribution >= 0.6 is 68.7 Å². The minimum atomic E-state index is -1.35. The summed E-state index contributed by atoms with van der Waals surface area (Å²) in [7, 11) is 0. The van der Waals surface area contributed by atoms with E-state index >= 15 is 0 Å². The van der Waals surface area contributed by atoms with Gasteiger partial charge in [0.2, 0.25) is 5.76 Å². The predicted octanol–water partition coefficient (Wildman–Crippen LogP) is 8.39. The van der Waals surface area contributed by atoms with Gasteiger partial charge in [0, 0.05) is 57.0 Å². The number of hydrogen-bond acceptors (Lipinski definition) is 20. The van der Waals surface area contributed by atoms with E-state index < -0.39 is 41.6 Å². The SMILES string of the molecule is Cc1cc(=O)n(CN2CCCCC2)c(-c2cc(NCc3ccc(Cl)s3)n(C(=O)c3nccs3)n2)c1C(=O)O.O=C(Cn1c(-c2cc(NCc3ccc(Cl)s3)n(C(=O)c3ccno3)n2)c(C(=O)O)ccc1=O)c1cnsc1. The number of likely N-dealkylation sites (tertiary alicyclic amines) is 1. The fourth-order valence-electron chi connectivity index (χ4n) is 8.16. The standard InChI is InChI=1S/C25H25ClN6O4S2.C23H15ClN6O6S2/c1-15-11-20(33)31(14-30-8-3-2-4-9-30)22(21(15)25(35)36)17-12-19(28-13-16-5-6-18(26)38-16)32(29-17)24(34)23-27-7-10-37-23;24-18-3-1-13(38-18)9-25-19-7-15(28-30(19)22(33)17-5-6-26-36-17)21-14(23(34)35)2-4-20(32)29(21)10-16(31)12-8-27-37-11-12/h5-7,10-12,28H,2-4,8-9,13-14H2,1H3,(H,35,36);1-8,11,25H,9-10H2,(H,34,35). The van der Waals surface area contributed by atoms with Crippen LogP contribution in [0.1, 0.15) is 86.0 Å². The maximum atomic E-state index is 13.3. The molecule has 22 nitrogen and oxygen atoms in total. The van der Waals surface area contributed by atoms with E-state index in [-0.39, 0.29) is 74.8 Å². The van der Waals surface area contributed by atoms with Gasteiger partial charge in [0.25, 0.3) is 11.1 Å². The predicted molar refractivity (Wildman–Crippen MR) is 286 cm³/mol. The van der Waals surface area contributed by atoms with Crippen LogP contribution in [-0.2, 0) is 26.3 Å². The molecular formula is C48H40Cl2N12O10S4. The summed E-state index contributed by atoms with van der Waals surface area (Å²) < 4.78 is 14.7. The second kappa shape index (κ2) is 23.4. The smallest absolute Gasteiger partial charge is 0.338 e. The highest BCUT2D eigenvalue weighted by Gasteiger charge is 2.29. The summed E-state index contributed by atoms with van der Waals surface area (Å²) in [6.07, 6.45) is 7.34. The van der Waals surface area contributed by atoms with Gasteiger partial charge >= 0.3 is 23.8 Å². The van der Waals surface area contributed by atoms with Crippen LogP contribution in [0.2, 0.25) is 8.67 Å². The lowest BCUT2D eigenvalue weighted by atomic mass is 10.0. The molecule has 0 atom stereocenters. The fraction of sp³-hybridized carbons (Fsp3) is 0.208. The van der Waals surface area contributed by atoms with Gasteiger partial charge in [0.1, 0.15) is 23.0 Å². The topological polar surface area (TPSA) is 285 Å². The molecule has 10 heterocycles. The van der Waals surface area contributed by atoms with Crippen molar-refractivity contribution in [2.45, 2.75) is 52.5 Å². The number of rotatable bonds is 17. The highest BCUT2D eigenvalue weighted by molar-refractivity contribution is 7.16. The Morgan fingerprint density at radius 3 is 1.96 bits per heavy atom. The Morgan fingerprint density at radius 1 is 0.750 bits per heavy atom. The number of anilines is 2. The van der Waals surface area contributed by atoms with Crippen LogP contribution in [0.4, 0.5) is 11.6 Å². The number of carbonyl (C=O) groups is 5. The summed E-state index contributed by atoms with van der Waals surface area (Å²) in [5.41, 5.74) is -0.454. The van der Waals surface area contributed by atoms with Crippen molar-refractivity contribution in [1.29, 1.82) is 0 Å². The summed E-state index contributed by atoms with van der Waals surface area (Å²) >= 11 is 17.1. The zero-order valence-electron chi connectivity index (χ0n) is 39.5. The zero-order valence-corrected chi connectivity index (χ0v) is 44.3. The number of Topliss-reactive ketones (excluding diaryl/α,β-unsaturated/α-hetero) is 1. The molecule has 390 valence electrons. The number of thiazole rings is 1. The first-order chi connectivity index (χ1) is 36.6. The molecule has 4 N–H and O–H groups in total. The van der Waals surface area contributed by atoms with Crippen LogP contribution in [0.5, 0.6) is 0 Å². The minimum Gasteiger partial charge on any atom is -0.478 e. The van der Waals surface area contributed by atoms with Crippen molar-refractivity contribution in [2.75, 3.05) is 23.7 Å². The Hall–Kier alpha value is -7.72. The normalized spacial score (nSPS) is 12.5. The Kier molecular flexibility index (Phi) is 16.4. The molecule has 0 amide bonds. The van der Waals surface area contributed by atoms with Crippen molar-refractivity contribution in [3.8, 4) is 22.8 Å². The molecule has 0 unspecified atom stereocenters. The quantitative estimate of drug-likeness (QED) is 0.0623. The molecule has 9 aromatic rings. The molecular weight excluding hydrogens is 1100 g/mol. The molecule has 0 spiro atoms. The molecule has 28 heteroatoms. The number of ketones is 1. The van der Waals surface area contributed by atoms with Crippen molar-refractivity contribution >= 4 is 110 Å².